The molecule has 0 radical (unpaired) electrons. The van der Waals surface area contributed by atoms with Crippen molar-refractivity contribution in [3.8, 4) is 12.3 Å². The van der Waals surface area contributed by atoms with Gasteiger partial charge in [-0.3, -0.25) is 4.79 Å². The predicted molar refractivity (Wildman–Crippen MR) is 56.9 cm³/mol. The summed E-state index contributed by atoms with van der Waals surface area (Å²) in [7, 11) is 0. The number of terminal acetylenes is 1. The van der Waals surface area contributed by atoms with Crippen LogP contribution in [0.1, 0.15) is 5.56 Å². The number of nitrogen functional groups attached to an aromatic ring is 1. The summed E-state index contributed by atoms with van der Waals surface area (Å²) in [6.45, 7) is 0. The van der Waals surface area contributed by atoms with E-state index in [1.807, 2.05) is 0 Å². The van der Waals surface area contributed by atoms with Crippen LogP contribution in [0.25, 0.3) is 10.9 Å². The molecule has 1 heterocycles. The molecule has 0 unspecified atom stereocenters. The van der Waals surface area contributed by atoms with E-state index >= 15 is 0 Å². The molecule has 0 spiro atoms. The monoisotopic (exact) mass is 184 g/mol. The fraction of sp³-hybridized carbons (Fsp3) is 0. The van der Waals surface area contributed by atoms with Crippen LogP contribution in [0, 0.1) is 12.3 Å². The Morgan fingerprint density at radius 1 is 1.29 bits per heavy atom. The minimum atomic E-state index is -0.148. The number of aromatic amines is 1. The minimum Gasteiger partial charge on any atom is -0.398 e. The summed E-state index contributed by atoms with van der Waals surface area (Å²) in [6, 6.07) is 6.54. The molecule has 3 nitrogen and oxygen atoms in total. The molecule has 0 fully saturated rings. The number of nitrogens with one attached hydrogen (secondary N) is 1. The van der Waals surface area contributed by atoms with Crippen LogP contribution in [0.3, 0.4) is 0 Å². The van der Waals surface area contributed by atoms with Gasteiger partial charge in [-0.05, 0) is 18.2 Å². The average Bonchev–Trinajstić information content (AvgIpc) is 2.18. The van der Waals surface area contributed by atoms with Crippen molar-refractivity contribution in [2.45, 2.75) is 0 Å². The molecule has 2 rings (SSSR count). The minimum absolute atomic E-state index is 0.148. The molecule has 1 aromatic carbocycles. The van der Waals surface area contributed by atoms with E-state index in [0.717, 1.165) is 5.39 Å². The maximum atomic E-state index is 11.0. The molecule has 0 saturated heterocycles. The lowest BCUT2D eigenvalue weighted by Gasteiger charge is -2.03. The standard InChI is InChI=1S/C11H8N2O/c1-2-7-8-3-6-11(14)13-10(8)5-4-9(7)12/h1,3-6H,12H2,(H,13,14). The maximum Gasteiger partial charge on any atom is 0.248 e. The zero-order chi connectivity index (χ0) is 10.1. The van der Waals surface area contributed by atoms with E-state index < -0.39 is 0 Å². The lowest BCUT2D eigenvalue weighted by Crippen LogP contribution is -2.03. The molecule has 0 atom stereocenters. The average molecular weight is 184 g/mol. The third-order valence-corrected chi connectivity index (χ3v) is 2.08. The molecule has 2 aromatic rings. The SMILES string of the molecule is C#Cc1c(N)ccc2[nH]c(=O)ccc12. The van der Waals surface area contributed by atoms with Gasteiger partial charge in [0, 0.05) is 22.7 Å². The van der Waals surface area contributed by atoms with Gasteiger partial charge in [-0.25, -0.2) is 0 Å². The summed E-state index contributed by atoms with van der Waals surface area (Å²) in [4.78, 5) is 13.7. The van der Waals surface area contributed by atoms with Crippen LogP contribution < -0.4 is 11.3 Å². The zero-order valence-electron chi connectivity index (χ0n) is 7.37. The van der Waals surface area contributed by atoms with E-state index in [4.69, 9.17) is 12.2 Å². The number of benzene rings is 1. The maximum absolute atomic E-state index is 11.0. The number of fused-ring (bicyclic) bond motifs is 1. The summed E-state index contributed by atoms with van der Waals surface area (Å²) in [6.07, 6.45) is 5.33. The lowest BCUT2D eigenvalue weighted by atomic mass is 10.1. The summed E-state index contributed by atoms with van der Waals surface area (Å²) in [5.74, 6) is 2.51. The first-order valence-corrected chi connectivity index (χ1v) is 4.10. The Balaban J connectivity index is 2.97. The van der Waals surface area contributed by atoms with Gasteiger partial charge in [-0.2, -0.15) is 0 Å². The van der Waals surface area contributed by atoms with Gasteiger partial charge < -0.3 is 10.7 Å². The normalized spacial score (nSPS) is 9.93. The highest BCUT2D eigenvalue weighted by Crippen LogP contribution is 2.20. The van der Waals surface area contributed by atoms with Crippen molar-refractivity contribution >= 4 is 16.6 Å². The van der Waals surface area contributed by atoms with Crippen molar-refractivity contribution < 1.29 is 0 Å². The first-order valence-electron chi connectivity index (χ1n) is 4.10. The molecule has 0 aliphatic carbocycles. The van der Waals surface area contributed by atoms with Crippen LogP contribution in [0.4, 0.5) is 5.69 Å². The number of nitrogens with two attached hydrogens (primary N) is 1. The van der Waals surface area contributed by atoms with E-state index in [9.17, 15) is 4.79 Å². The molecule has 0 saturated carbocycles. The first-order chi connectivity index (χ1) is 6.72. The Morgan fingerprint density at radius 3 is 2.79 bits per heavy atom. The number of aromatic nitrogens is 1. The quantitative estimate of drug-likeness (QED) is 0.475. The van der Waals surface area contributed by atoms with Crippen LogP contribution in [0.5, 0.6) is 0 Å². The summed E-state index contributed by atoms with van der Waals surface area (Å²) in [5, 5.41) is 0.798. The zero-order valence-corrected chi connectivity index (χ0v) is 7.37. The van der Waals surface area contributed by atoms with Gasteiger partial charge in [0.25, 0.3) is 0 Å². The molecule has 0 amide bonds. The number of hydrogen-bond acceptors (Lipinski definition) is 2. The smallest absolute Gasteiger partial charge is 0.248 e. The predicted octanol–water partition coefficient (Wildman–Crippen LogP) is 1.09. The second kappa shape index (κ2) is 2.93. The fourth-order valence-corrected chi connectivity index (χ4v) is 1.41. The van der Waals surface area contributed by atoms with Crippen LogP contribution >= 0.6 is 0 Å². The first kappa shape index (κ1) is 8.39. The third-order valence-electron chi connectivity index (χ3n) is 2.08. The third kappa shape index (κ3) is 1.14. The molecule has 0 aliphatic heterocycles. The molecule has 14 heavy (non-hydrogen) atoms. The van der Waals surface area contributed by atoms with Crippen LogP contribution in [-0.4, -0.2) is 4.98 Å². The van der Waals surface area contributed by atoms with Crippen LogP contribution in [-0.2, 0) is 0 Å². The van der Waals surface area contributed by atoms with Gasteiger partial charge in [-0.1, -0.05) is 5.92 Å². The van der Waals surface area contributed by atoms with Gasteiger partial charge in [0.15, 0.2) is 0 Å². The molecule has 3 N–H and O–H groups in total. The van der Waals surface area contributed by atoms with Crippen LogP contribution in [0.15, 0.2) is 29.1 Å². The second-order valence-corrected chi connectivity index (χ2v) is 2.96. The highest BCUT2D eigenvalue weighted by Gasteiger charge is 2.02. The molecule has 0 bridgehead atoms. The van der Waals surface area contributed by atoms with Crippen molar-refractivity contribution in [1.82, 2.24) is 4.98 Å². The Bertz CT molecular complexity index is 590. The number of rotatable bonds is 0. The topological polar surface area (TPSA) is 58.9 Å². The highest BCUT2D eigenvalue weighted by atomic mass is 16.1. The summed E-state index contributed by atoms with van der Waals surface area (Å²) >= 11 is 0. The van der Waals surface area contributed by atoms with Crippen molar-refractivity contribution in [2.75, 3.05) is 5.73 Å². The Labute approximate surface area is 80.6 Å². The number of H-pyrrole nitrogens is 1. The molecule has 68 valence electrons. The van der Waals surface area contributed by atoms with Gasteiger partial charge in [0.1, 0.15) is 0 Å². The summed E-state index contributed by atoms with van der Waals surface area (Å²) in [5.41, 5.74) is 7.43. The summed E-state index contributed by atoms with van der Waals surface area (Å²) < 4.78 is 0. The Kier molecular flexibility index (Phi) is 1.76. The van der Waals surface area contributed by atoms with E-state index in [1.165, 1.54) is 6.07 Å². The number of anilines is 1. The van der Waals surface area contributed by atoms with E-state index in [2.05, 4.69) is 10.9 Å². The van der Waals surface area contributed by atoms with Crippen molar-refractivity contribution in [1.29, 1.82) is 0 Å². The fourth-order valence-electron chi connectivity index (χ4n) is 1.41. The van der Waals surface area contributed by atoms with E-state index in [0.29, 0.717) is 16.8 Å². The molecule has 0 aliphatic rings. The van der Waals surface area contributed by atoms with Gasteiger partial charge in [-0.15, -0.1) is 6.42 Å². The van der Waals surface area contributed by atoms with Crippen molar-refractivity contribution in [2.24, 2.45) is 0 Å². The second-order valence-electron chi connectivity index (χ2n) is 2.96. The lowest BCUT2D eigenvalue weighted by molar-refractivity contribution is 1.31. The molecular weight excluding hydrogens is 176 g/mol. The molecule has 3 heteroatoms. The molecular formula is C11H8N2O. The Hall–Kier alpha value is -2.21. The van der Waals surface area contributed by atoms with E-state index in [-0.39, 0.29) is 5.56 Å². The van der Waals surface area contributed by atoms with Crippen molar-refractivity contribution in [3.63, 3.8) is 0 Å². The van der Waals surface area contributed by atoms with Gasteiger partial charge >= 0.3 is 0 Å². The largest absolute Gasteiger partial charge is 0.398 e. The van der Waals surface area contributed by atoms with Gasteiger partial charge in [0.2, 0.25) is 5.56 Å². The Morgan fingerprint density at radius 2 is 2.07 bits per heavy atom. The highest BCUT2D eigenvalue weighted by molar-refractivity contribution is 5.89. The molecule has 1 aromatic heterocycles. The van der Waals surface area contributed by atoms with E-state index in [1.54, 1.807) is 18.2 Å². The van der Waals surface area contributed by atoms with Crippen LogP contribution in [0.2, 0.25) is 0 Å². The number of hydrogen-bond donors (Lipinski definition) is 2. The van der Waals surface area contributed by atoms with Gasteiger partial charge in [0.05, 0.1) is 5.56 Å². The van der Waals surface area contributed by atoms with Crippen molar-refractivity contribution in [3.05, 3.63) is 40.2 Å². The number of pyridine rings is 1.